The van der Waals surface area contributed by atoms with Crippen molar-refractivity contribution < 1.29 is 8.42 Å². The molecule has 1 aromatic carbocycles. The SMILES string of the molecule is CCCCN(c1ccccc1)S(=O)(=O)CC1CCCNC1. The normalized spacial score (nSPS) is 19.4. The van der Waals surface area contributed by atoms with Crippen molar-refractivity contribution in [2.24, 2.45) is 5.92 Å². The Bertz CT molecular complexity index is 510. The molecule has 1 unspecified atom stereocenters. The first kappa shape index (κ1) is 16.3. The third-order valence-electron chi connectivity index (χ3n) is 3.94. The van der Waals surface area contributed by atoms with Gasteiger partial charge in [0.05, 0.1) is 11.4 Å². The topological polar surface area (TPSA) is 49.4 Å². The average molecular weight is 310 g/mol. The number of para-hydroxylation sites is 1. The fourth-order valence-corrected chi connectivity index (χ4v) is 4.69. The quantitative estimate of drug-likeness (QED) is 0.842. The Morgan fingerprint density at radius 3 is 2.67 bits per heavy atom. The van der Waals surface area contributed by atoms with Crippen molar-refractivity contribution in [1.29, 1.82) is 0 Å². The number of sulfonamides is 1. The van der Waals surface area contributed by atoms with E-state index in [9.17, 15) is 8.42 Å². The molecule has 1 fully saturated rings. The van der Waals surface area contributed by atoms with Crippen molar-refractivity contribution in [2.75, 3.05) is 29.7 Å². The molecule has 2 rings (SSSR count). The molecule has 1 aromatic rings. The molecule has 1 atom stereocenters. The van der Waals surface area contributed by atoms with Crippen LogP contribution in [0.25, 0.3) is 0 Å². The molecule has 0 bridgehead atoms. The van der Waals surface area contributed by atoms with Crippen LogP contribution in [0.15, 0.2) is 30.3 Å². The molecule has 4 nitrogen and oxygen atoms in total. The number of rotatable bonds is 7. The molecule has 0 radical (unpaired) electrons. The third-order valence-corrected chi connectivity index (χ3v) is 5.90. The third kappa shape index (κ3) is 4.71. The first-order valence-corrected chi connectivity index (χ1v) is 9.50. The molecule has 1 N–H and O–H groups in total. The number of nitrogens with zero attached hydrogens (tertiary/aromatic N) is 1. The van der Waals surface area contributed by atoms with Crippen LogP contribution in [0.1, 0.15) is 32.6 Å². The van der Waals surface area contributed by atoms with E-state index in [1.807, 2.05) is 30.3 Å². The number of piperidine rings is 1. The van der Waals surface area contributed by atoms with Gasteiger partial charge in [-0.3, -0.25) is 4.31 Å². The molecule has 1 saturated heterocycles. The second kappa shape index (κ2) is 7.80. The summed E-state index contributed by atoms with van der Waals surface area (Å²) in [4.78, 5) is 0. The maximum atomic E-state index is 12.8. The number of hydrogen-bond donors (Lipinski definition) is 1. The monoisotopic (exact) mass is 310 g/mol. The molecular weight excluding hydrogens is 284 g/mol. The van der Waals surface area contributed by atoms with Crippen molar-refractivity contribution in [3.8, 4) is 0 Å². The Labute approximate surface area is 128 Å². The van der Waals surface area contributed by atoms with Crippen molar-refractivity contribution in [3.63, 3.8) is 0 Å². The Morgan fingerprint density at radius 2 is 2.05 bits per heavy atom. The Balaban J connectivity index is 2.13. The molecule has 1 aliphatic heterocycles. The van der Waals surface area contributed by atoms with Gasteiger partial charge in [-0.2, -0.15) is 0 Å². The fourth-order valence-electron chi connectivity index (χ4n) is 2.78. The van der Waals surface area contributed by atoms with Gasteiger partial charge in [0.1, 0.15) is 0 Å². The molecule has 0 aromatic heterocycles. The van der Waals surface area contributed by atoms with Gasteiger partial charge in [-0.25, -0.2) is 8.42 Å². The number of nitrogens with one attached hydrogen (secondary N) is 1. The van der Waals surface area contributed by atoms with Gasteiger partial charge in [-0.05, 0) is 50.4 Å². The van der Waals surface area contributed by atoms with Crippen molar-refractivity contribution >= 4 is 15.7 Å². The summed E-state index contributed by atoms with van der Waals surface area (Å²) >= 11 is 0. The van der Waals surface area contributed by atoms with Crippen LogP contribution in [0.3, 0.4) is 0 Å². The van der Waals surface area contributed by atoms with E-state index in [4.69, 9.17) is 0 Å². The van der Waals surface area contributed by atoms with Gasteiger partial charge < -0.3 is 5.32 Å². The van der Waals surface area contributed by atoms with E-state index >= 15 is 0 Å². The summed E-state index contributed by atoms with van der Waals surface area (Å²) in [6.07, 6.45) is 3.95. The Morgan fingerprint density at radius 1 is 1.29 bits per heavy atom. The van der Waals surface area contributed by atoms with Gasteiger partial charge in [0, 0.05) is 6.54 Å². The van der Waals surface area contributed by atoms with Crippen LogP contribution in [0, 0.1) is 5.92 Å². The van der Waals surface area contributed by atoms with Gasteiger partial charge in [0.15, 0.2) is 0 Å². The summed E-state index contributed by atoms with van der Waals surface area (Å²) in [6, 6.07) is 9.47. The van der Waals surface area contributed by atoms with Crippen LogP contribution in [-0.2, 0) is 10.0 Å². The Hall–Kier alpha value is -1.07. The van der Waals surface area contributed by atoms with Gasteiger partial charge in [-0.1, -0.05) is 31.5 Å². The van der Waals surface area contributed by atoms with Crippen LogP contribution in [0.2, 0.25) is 0 Å². The van der Waals surface area contributed by atoms with Gasteiger partial charge >= 0.3 is 0 Å². The van der Waals surface area contributed by atoms with E-state index in [-0.39, 0.29) is 11.7 Å². The predicted molar refractivity (Wildman–Crippen MR) is 88.1 cm³/mol. The maximum Gasteiger partial charge on any atom is 0.235 e. The zero-order chi connectivity index (χ0) is 15.1. The summed E-state index contributed by atoms with van der Waals surface area (Å²) in [7, 11) is -3.25. The minimum absolute atomic E-state index is 0.233. The van der Waals surface area contributed by atoms with Gasteiger partial charge in [0.25, 0.3) is 0 Å². The lowest BCUT2D eigenvalue weighted by Crippen LogP contribution is -2.40. The minimum atomic E-state index is -3.25. The van der Waals surface area contributed by atoms with E-state index in [1.165, 1.54) is 0 Å². The molecule has 0 saturated carbocycles. The average Bonchev–Trinajstić information content (AvgIpc) is 2.49. The molecule has 0 spiro atoms. The number of hydrogen-bond acceptors (Lipinski definition) is 3. The van der Waals surface area contributed by atoms with Gasteiger partial charge in [0.2, 0.25) is 10.0 Å². The largest absolute Gasteiger partial charge is 0.316 e. The highest BCUT2D eigenvalue weighted by Gasteiger charge is 2.27. The van der Waals surface area contributed by atoms with Crippen LogP contribution >= 0.6 is 0 Å². The summed E-state index contributed by atoms with van der Waals surface area (Å²) in [5.41, 5.74) is 0.787. The number of anilines is 1. The molecule has 0 aliphatic carbocycles. The number of benzene rings is 1. The standard InChI is InChI=1S/C16H26N2O2S/c1-2-3-12-18(16-9-5-4-6-10-16)21(19,20)14-15-8-7-11-17-13-15/h4-6,9-10,15,17H,2-3,7-8,11-14H2,1H3. The van der Waals surface area contributed by atoms with Crippen molar-refractivity contribution in [2.45, 2.75) is 32.6 Å². The highest BCUT2D eigenvalue weighted by molar-refractivity contribution is 7.92. The van der Waals surface area contributed by atoms with Crippen molar-refractivity contribution in [1.82, 2.24) is 5.32 Å². The second-order valence-corrected chi connectivity index (χ2v) is 7.69. The first-order chi connectivity index (χ1) is 10.1. The van der Waals surface area contributed by atoms with Crippen molar-refractivity contribution in [3.05, 3.63) is 30.3 Å². The zero-order valence-corrected chi connectivity index (χ0v) is 13.6. The number of unbranched alkanes of at least 4 members (excludes halogenated alkanes) is 1. The van der Waals surface area contributed by atoms with Crippen LogP contribution in [0.5, 0.6) is 0 Å². The molecular formula is C16H26N2O2S. The first-order valence-electron chi connectivity index (χ1n) is 7.89. The Kier molecular flexibility index (Phi) is 6.06. The summed E-state index contributed by atoms with van der Waals surface area (Å²) in [6.45, 7) is 4.48. The van der Waals surface area contributed by atoms with E-state index < -0.39 is 10.0 Å². The lowest BCUT2D eigenvalue weighted by Gasteiger charge is -2.28. The van der Waals surface area contributed by atoms with E-state index in [0.29, 0.717) is 6.54 Å². The molecule has 1 aliphatic rings. The lowest BCUT2D eigenvalue weighted by molar-refractivity contribution is 0.403. The van der Waals surface area contributed by atoms with Gasteiger partial charge in [-0.15, -0.1) is 0 Å². The predicted octanol–water partition coefficient (Wildman–Crippen LogP) is 2.62. The zero-order valence-electron chi connectivity index (χ0n) is 12.8. The molecule has 5 heteroatoms. The van der Waals surface area contributed by atoms with E-state index in [1.54, 1.807) is 4.31 Å². The summed E-state index contributed by atoms with van der Waals surface area (Å²) in [5.74, 6) is 0.482. The van der Waals surface area contributed by atoms with Crippen LogP contribution < -0.4 is 9.62 Å². The molecule has 21 heavy (non-hydrogen) atoms. The van der Waals surface area contributed by atoms with E-state index in [0.717, 1.165) is 44.5 Å². The highest BCUT2D eigenvalue weighted by atomic mass is 32.2. The van der Waals surface area contributed by atoms with Crippen LogP contribution in [0.4, 0.5) is 5.69 Å². The van der Waals surface area contributed by atoms with E-state index in [2.05, 4.69) is 12.2 Å². The lowest BCUT2D eigenvalue weighted by atomic mass is 10.0. The molecule has 118 valence electrons. The smallest absolute Gasteiger partial charge is 0.235 e. The maximum absolute atomic E-state index is 12.8. The van der Waals surface area contributed by atoms with Crippen LogP contribution in [-0.4, -0.2) is 33.8 Å². The minimum Gasteiger partial charge on any atom is -0.316 e. The summed E-state index contributed by atoms with van der Waals surface area (Å²) < 4.78 is 27.2. The summed E-state index contributed by atoms with van der Waals surface area (Å²) in [5, 5.41) is 3.30. The molecule has 1 heterocycles. The molecule has 0 amide bonds. The fraction of sp³-hybridized carbons (Fsp3) is 0.625. The highest BCUT2D eigenvalue weighted by Crippen LogP contribution is 2.22. The second-order valence-electron chi connectivity index (χ2n) is 5.75.